The summed E-state index contributed by atoms with van der Waals surface area (Å²) in [5.74, 6) is 0. The summed E-state index contributed by atoms with van der Waals surface area (Å²) in [6.45, 7) is 2.00. The van der Waals surface area contributed by atoms with Crippen LogP contribution < -0.4 is 5.46 Å². The minimum atomic E-state index is -0.307. The van der Waals surface area contributed by atoms with Crippen molar-refractivity contribution in [2.75, 3.05) is 14.2 Å². The highest BCUT2D eigenvalue weighted by Gasteiger charge is 2.19. The van der Waals surface area contributed by atoms with Crippen LogP contribution in [0.3, 0.4) is 0 Å². The highest BCUT2D eigenvalue weighted by molar-refractivity contribution is 6.61. The van der Waals surface area contributed by atoms with Gasteiger partial charge in [-0.1, -0.05) is 0 Å². The highest BCUT2D eigenvalue weighted by Crippen LogP contribution is 1.94. The Bertz CT molecular complexity index is 251. The molecule has 0 bridgehead atoms. The molecule has 3 nitrogen and oxygen atoms in total. The van der Waals surface area contributed by atoms with Crippen LogP contribution in [0.1, 0.15) is 5.56 Å². The summed E-state index contributed by atoms with van der Waals surface area (Å²) in [4.78, 5) is 4.00. The average molecular weight is 165 g/mol. The van der Waals surface area contributed by atoms with Gasteiger partial charge in [0.1, 0.15) is 0 Å². The van der Waals surface area contributed by atoms with Crippen LogP contribution in [0.2, 0.25) is 0 Å². The lowest BCUT2D eigenvalue weighted by Gasteiger charge is -2.09. The average Bonchev–Trinajstić information content (AvgIpc) is 2.10. The van der Waals surface area contributed by atoms with Crippen LogP contribution >= 0.6 is 0 Å². The number of pyridine rings is 1. The van der Waals surface area contributed by atoms with Gasteiger partial charge in [-0.05, 0) is 18.6 Å². The van der Waals surface area contributed by atoms with Gasteiger partial charge in [-0.2, -0.15) is 0 Å². The zero-order valence-corrected chi connectivity index (χ0v) is 7.57. The molecule has 0 radical (unpaired) electrons. The number of rotatable bonds is 3. The predicted octanol–water partition coefficient (Wildman–Crippen LogP) is 0.378. The summed E-state index contributed by atoms with van der Waals surface area (Å²) in [7, 11) is 2.92. The molecule has 4 heteroatoms. The van der Waals surface area contributed by atoms with Crippen LogP contribution in [0.5, 0.6) is 0 Å². The maximum Gasteiger partial charge on any atom is 0.495 e. The molecule has 1 aromatic heterocycles. The highest BCUT2D eigenvalue weighted by atomic mass is 16.6. The van der Waals surface area contributed by atoms with Crippen LogP contribution in [0.25, 0.3) is 0 Å². The smallest absolute Gasteiger partial charge is 0.410 e. The molecule has 0 aliphatic rings. The molecule has 0 N–H and O–H groups in total. The molecule has 0 aromatic carbocycles. The quantitative estimate of drug-likeness (QED) is 0.606. The van der Waals surface area contributed by atoms with Gasteiger partial charge in [0, 0.05) is 32.1 Å². The van der Waals surface area contributed by atoms with Gasteiger partial charge in [0.25, 0.3) is 0 Å². The summed E-state index contributed by atoms with van der Waals surface area (Å²) >= 11 is 0. The minimum absolute atomic E-state index is 0.307. The largest absolute Gasteiger partial charge is 0.495 e. The topological polar surface area (TPSA) is 31.4 Å². The summed E-state index contributed by atoms with van der Waals surface area (Å²) in [5.41, 5.74) is 2.10. The van der Waals surface area contributed by atoms with Crippen LogP contribution in [0.15, 0.2) is 18.5 Å². The van der Waals surface area contributed by atoms with E-state index in [0.717, 1.165) is 11.0 Å². The van der Waals surface area contributed by atoms with E-state index < -0.39 is 0 Å². The van der Waals surface area contributed by atoms with Gasteiger partial charge < -0.3 is 9.31 Å². The van der Waals surface area contributed by atoms with E-state index in [0.29, 0.717) is 0 Å². The molecule has 64 valence electrons. The normalized spacial score (nSPS) is 9.92. The third-order valence-corrected chi connectivity index (χ3v) is 1.76. The molecule has 0 saturated heterocycles. The number of hydrogen-bond acceptors (Lipinski definition) is 3. The fourth-order valence-corrected chi connectivity index (χ4v) is 1.07. The van der Waals surface area contributed by atoms with Crippen molar-refractivity contribution in [2.45, 2.75) is 6.92 Å². The van der Waals surface area contributed by atoms with E-state index in [1.54, 1.807) is 26.6 Å². The summed E-state index contributed by atoms with van der Waals surface area (Å²) in [5, 5.41) is 0. The zero-order valence-electron chi connectivity index (χ0n) is 7.57. The molecular formula is C8H12BNO2. The fraction of sp³-hybridized carbons (Fsp3) is 0.375. The Hall–Kier alpha value is -0.865. The predicted molar refractivity (Wildman–Crippen MR) is 48.4 cm³/mol. The molecule has 0 unspecified atom stereocenters. The first-order chi connectivity index (χ1) is 5.79. The molecule has 0 atom stereocenters. The first-order valence-electron chi connectivity index (χ1n) is 3.75. The van der Waals surface area contributed by atoms with Gasteiger partial charge in [-0.25, -0.2) is 0 Å². The third-order valence-electron chi connectivity index (χ3n) is 1.76. The van der Waals surface area contributed by atoms with Crippen molar-refractivity contribution in [1.82, 2.24) is 4.98 Å². The second kappa shape index (κ2) is 4.23. The Labute approximate surface area is 72.9 Å². The van der Waals surface area contributed by atoms with Gasteiger partial charge in [-0.15, -0.1) is 0 Å². The zero-order chi connectivity index (χ0) is 8.97. The van der Waals surface area contributed by atoms with Gasteiger partial charge in [0.15, 0.2) is 0 Å². The Morgan fingerprint density at radius 1 is 1.33 bits per heavy atom. The maximum atomic E-state index is 5.10. The number of nitrogens with zero attached hydrogens (tertiary/aromatic N) is 1. The lowest BCUT2D eigenvalue weighted by molar-refractivity contribution is 0.291. The maximum absolute atomic E-state index is 5.10. The van der Waals surface area contributed by atoms with Crippen molar-refractivity contribution in [2.24, 2.45) is 0 Å². The Kier molecular flexibility index (Phi) is 3.25. The van der Waals surface area contributed by atoms with E-state index in [-0.39, 0.29) is 7.12 Å². The molecular weight excluding hydrogens is 153 g/mol. The summed E-state index contributed by atoms with van der Waals surface area (Å²) in [6.07, 6.45) is 3.51. The molecule has 0 amide bonds. The number of hydrogen-bond donors (Lipinski definition) is 0. The lowest BCUT2D eigenvalue weighted by atomic mass is 9.77. The molecule has 0 aliphatic carbocycles. The molecule has 12 heavy (non-hydrogen) atoms. The SMILES string of the molecule is COB(OC)c1cnccc1C. The molecule has 1 heterocycles. The van der Waals surface area contributed by atoms with Crippen LogP contribution in [-0.4, -0.2) is 26.3 Å². The molecule has 1 rings (SSSR count). The number of aromatic nitrogens is 1. The van der Waals surface area contributed by atoms with Crippen LogP contribution in [0.4, 0.5) is 0 Å². The third kappa shape index (κ3) is 1.84. The first kappa shape index (κ1) is 9.22. The monoisotopic (exact) mass is 165 g/mol. The second-order valence-electron chi connectivity index (χ2n) is 2.54. The van der Waals surface area contributed by atoms with Gasteiger partial charge in [0.2, 0.25) is 0 Å². The first-order valence-corrected chi connectivity index (χ1v) is 3.75. The van der Waals surface area contributed by atoms with Gasteiger partial charge >= 0.3 is 7.12 Å². The van der Waals surface area contributed by atoms with E-state index in [2.05, 4.69) is 4.98 Å². The van der Waals surface area contributed by atoms with E-state index >= 15 is 0 Å². The Balaban J connectivity index is 2.92. The van der Waals surface area contributed by atoms with E-state index in [1.807, 2.05) is 13.0 Å². The molecule has 1 aromatic rings. The van der Waals surface area contributed by atoms with Crippen molar-refractivity contribution >= 4 is 12.6 Å². The van der Waals surface area contributed by atoms with Gasteiger partial charge in [0.05, 0.1) is 0 Å². The molecule has 0 spiro atoms. The van der Waals surface area contributed by atoms with Crippen molar-refractivity contribution in [3.05, 3.63) is 24.0 Å². The summed E-state index contributed by atoms with van der Waals surface area (Å²) in [6, 6.07) is 1.93. The van der Waals surface area contributed by atoms with Crippen LogP contribution in [-0.2, 0) is 9.31 Å². The van der Waals surface area contributed by atoms with Crippen molar-refractivity contribution in [3.8, 4) is 0 Å². The molecule has 0 aliphatic heterocycles. The van der Waals surface area contributed by atoms with E-state index in [4.69, 9.17) is 9.31 Å². The van der Waals surface area contributed by atoms with E-state index in [9.17, 15) is 0 Å². The molecule has 0 fully saturated rings. The van der Waals surface area contributed by atoms with Crippen molar-refractivity contribution < 1.29 is 9.31 Å². The number of aryl methyl sites for hydroxylation is 1. The lowest BCUT2D eigenvalue weighted by Crippen LogP contribution is -2.36. The standard InChI is InChI=1S/C8H12BNO2/c1-7-4-5-10-6-8(7)9(11-2)12-3/h4-6H,1-3H3. The van der Waals surface area contributed by atoms with Crippen molar-refractivity contribution in [3.63, 3.8) is 0 Å². The fourth-order valence-electron chi connectivity index (χ4n) is 1.07. The summed E-state index contributed by atoms with van der Waals surface area (Å²) < 4.78 is 10.2. The van der Waals surface area contributed by atoms with Crippen molar-refractivity contribution in [1.29, 1.82) is 0 Å². The Morgan fingerprint density at radius 2 is 2.00 bits per heavy atom. The van der Waals surface area contributed by atoms with E-state index in [1.165, 1.54) is 0 Å². The second-order valence-corrected chi connectivity index (χ2v) is 2.54. The molecule has 0 saturated carbocycles. The van der Waals surface area contributed by atoms with Crippen LogP contribution in [0, 0.1) is 6.92 Å². The van der Waals surface area contributed by atoms with Gasteiger partial charge in [-0.3, -0.25) is 4.98 Å². The minimum Gasteiger partial charge on any atom is -0.410 e. The Morgan fingerprint density at radius 3 is 2.50 bits per heavy atom.